The number of thiazole rings is 2. The van der Waals surface area contributed by atoms with E-state index in [1.165, 1.54) is 28.2 Å². The van der Waals surface area contributed by atoms with E-state index in [2.05, 4.69) is 22.2 Å². The first-order chi connectivity index (χ1) is 14.0. The van der Waals surface area contributed by atoms with Crippen molar-refractivity contribution in [3.05, 3.63) is 64.5 Å². The fraction of sp³-hybridized carbons (Fsp3) is 0.190. The Bertz CT molecular complexity index is 1100. The second kappa shape index (κ2) is 8.38. The second-order valence-electron chi connectivity index (χ2n) is 6.49. The summed E-state index contributed by atoms with van der Waals surface area (Å²) in [6.45, 7) is 2.10. The van der Waals surface area contributed by atoms with Gasteiger partial charge in [0, 0.05) is 10.9 Å². The highest BCUT2D eigenvalue weighted by molar-refractivity contribution is 7.18. The lowest BCUT2D eigenvalue weighted by Gasteiger charge is -2.14. The van der Waals surface area contributed by atoms with Crippen LogP contribution in [0, 0.1) is 0 Å². The van der Waals surface area contributed by atoms with Crippen molar-refractivity contribution in [2.24, 2.45) is 0 Å². The highest BCUT2D eigenvalue weighted by Crippen LogP contribution is 2.29. The summed E-state index contributed by atoms with van der Waals surface area (Å²) in [5, 5.41) is 25.8. The van der Waals surface area contributed by atoms with Crippen LogP contribution in [0.5, 0.6) is 0 Å². The molecule has 4 aromatic rings. The molecule has 0 radical (unpaired) electrons. The van der Waals surface area contributed by atoms with Gasteiger partial charge in [-0.25, -0.2) is 9.97 Å². The lowest BCUT2D eigenvalue weighted by atomic mass is 10.1. The number of hydrogen-bond acceptors (Lipinski definition) is 7. The van der Waals surface area contributed by atoms with Crippen molar-refractivity contribution in [3.8, 4) is 11.3 Å². The van der Waals surface area contributed by atoms with E-state index < -0.39 is 18.1 Å². The Morgan fingerprint density at radius 2 is 1.86 bits per heavy atom. The average Bonchev–Trinajstić information content (AvgIpc) is 3.39. The van der Waals surface area contributed by atoms with Gasteiger partial charge in [-0.15, -0.1) is 22.7 Å². The summed E-state index contributed by atoms with van der Waals surface area (Å²) in [4.78, 5) is 21.1. The van der Waals surface area contributed by atoms with Crippen molar-refractivity contribution in [1.29, 1.82) is 0 Å². The van der Waals surface area contributed by atoms with Crippen LogP contribution in [0.4, 0.5) is 5.13 Å². The molecule has 0 aliphatic rings. The van der Waals surface area contributed by atoms with Gasteiger partial charge in [-0.2, -0.15) is 0 Å². The third-order valence-corrected chi connectivity index (χ3v) is 6.39. The molecule has 0 aliphatic carbocycles. The van der Waals surface area contributed by atoms with Gasteiger partial charge in [-0.05, 0) is 24.1 Å². The van der Waals surface area contributed by atoms with Gasteiger partial charge in [0.25, 0.3) is 5.91 Å². The molecule has 0 bridgehead atoms. The van der Waals surface area contributed by atoms with Crippen LogP contribution in [-0.4, -0.2) is 32.2 Å². The fourth-order valence-electron chi connectivity index (χ4n) is 2.85. The summed E-state index contributed by atoms with van der Waals surface area (Å²) in [6, 6.07) is 15.5. The van der Waals surface area contributed by atoms with Crippen molar-refractivity contribution in [1.82, 2.24) is 9.97 Å². The van der Waals surface area contributed by atoms with Crippen molar-refractivity contribution < 1.29 is 15.0 Å². The normalized spacial score (nSPS) is 13.3. The van der Waals surface area contributed by atoms with Crippen molar-refractivity contribution in [3.63, 3.8) is 0 Å². The van der Waals surface area contributed by atoms with Crippen LogP contribution in [0.3, 0.4) is 0 Å². The molecule has 0 saturated heterocycles. The number of hydrogen-bond donors (Lipinski definition) is 3. The molecule has 2 unspecified atom stereocenters. The molecule has 0 fully saturated rings. The molecule has 29 heavy (non-hydrogen) atoms. The van der Waals surface area contributed by atoms with Crippen LogP contribution in [-0.2, 0) is 11.2 Å². The molecule has 2 heterocycles. The SMILES string of the molecule is CCc1ccc(-c2csc(NC(=O)C(O)C(O)c3nc4ccccc4s3)n2)cc1. The minimum absolute atomic E-state index is 0.296. The van der Waals surface area contributed by atoms with E-state index in [0.29, 0.717) is 10.1 Å². The number of fused-ring (bicyclic) bond motifs is 1. The second-order valence-corrected chi connectivity index (χ2v) is 8.41. The molecule has 148 valence electrons. The average molecular weight is 426 g/mol. The maximum Gasteiger partial charge on any atom is 0.258 e. The molecule has 1 amide bonds. The van der Waals surface area contributed by atoms with Crippen LogP contribution >= 0.6 is 22.7 Å². The van der Waals surface area contributed by atoms with Gasteiger partial charge in [-0.1, -0.05) is 43.3 Å². The molecule has 0 spiro atoms. The Morgan fingerprint density at radius 1 is 1.10 bits per heavy atom. The topological polar surface area (TPSA) is 95.3 Å². The molecule has 8 heteroatoms. The molecule has 6 nitrogen and oxygen atoms in total. The molecule has 2 aromatic heterocycles. The van der Waals surface area contributed by atoms with E-state index in [-0.39, 0.29) is 0 Å². The number of rotatable bonds is 6. The summed E-state index contributed by atoms with van der Waals surface area (Å²) >= 11 is 2.51. The predicted molar refractivity (Wildman–Crippen MR) is 116 cm³/mol. The van der Waals surface area contributed by atoms with E-state index in [0.717, 1.165) is 27.9 Å². The summed E-state index contributed by atoms with van der Waals surface area (Å²) in [5.41, 5.74) is 3.66. The molecule has 3 N–H and O–H groups in total. The van der Waals surface area contributed by atoms with Gasteiger partial charge in [0.05, 0.1) is 15.9 Å². The first kappa shape index (κ1) is 19.7. The number of aryl methyl sites for hydroxylation is 1. The Hall–Kier alpha value is -2.65. The third kappa shape index (κ3) is 4.20. The quantitative estimate of drug-likeness (QED) is 0.434. The highest BCUT2D eigenvalue weighted by Gasteiger charge is 2.29. The largest absolute Gasteiger partial charge is 0.383 e. The highest BCUT2D eigenvalue weighted by atomic mass is 32.1. The first-order valence-electron chi connectivity index (χ1n) is 9.12. The molecule has 0 aliphatic heterocycles. The number of nitrogens with one attached hydrogen (secondary N) is 1. The Labute approximate surface area is 175 Å². The molecule has 2 atom stereocenters. The Kier molecular flexibility index (Phi) is 5.68. The van der Waals surface area contributed by atoms with E-state index in [1.807, 2.05) is 53.9 Å². The molecule has 2 aromatic carbocycles. The summed E-state index contributed by atoms with van der Waals surface area (Å²) < 4.78 is 0.882. The zero-order valence-corrected chi connectivity index (χ0v) is 17.2. The molecule has 0 saturated carbocycles. The van der Waals surface area contributed by atoms with Gasteiger partial charge >= 0.3 is 0 Å². The minimum Gasteiger partial charge on any atom is -0.383 e. The van der Waals surface area contributed by atoms with E-state index >= 15 is 0 Å². The number of anilines is 1. The third-order valence-electron chi connectivity index (χ3n) is 4.52. The number of aliphatic hydroxyl groups is 2. The van der Waals surface area contributed by atoms with Crippen LogP contribution in [0.25, 0.3) is 21.5 Å². The first-order valence-corrected chi connectivity index (χ1v) is 10.8. The molecular formula is C21H19N3O3S2. The zero-order valence-electron chi connectivity index (χ0n) is 15.6. The number of benzene rings is 2. The number of para-hydroxylation sites is 1. The van der Waals surface area contributed by atoms with E-state index in [1.54, 1.807) is 0 Å². The maximum atomic E-state index is 12.4. The van der Waals surface area contributed by atoms with E-state index in [4.69, 9.17) is 0 Å². The lowest BCUT2D eigenvalue weighted by molar-refractivity contribution is -0.129. The Morgan fingerprint density at radius 3 is 2.59 bits per heavy atom. The van der Waals surface area contributed by atoms with Crippen molar-refractivity contribution >= 4 is 43.9 Å². The fourth-order valence-corrected chi connectivity index (χ4v) is 4.56. The van der Waals surface area contributed by atoms with Gasteiger partial charge in [0.1, 0.15) is 11.1 Å². The number of carbonyl (C=O) groups excluding carboxylic acids is 1. The number of aromatic nitrogens is 2. The van der Waals surface area contributed by atoms with Gasteiger partial charge in [-0.3, -0.25) is 10.1 Å². The van der Waals surface area contributed by atoms with Crippen LogP contribution in [0.15, 0.2) is 53.9 Å². The van der Waals surface area contributed by atoms with Gasteiger partial charge in [0.2, 0.25) is 0 Å². The summed E-state index contributed by atoms with van der Waals surface area (Å²) in [7, 11) is 0. The van der Waals surface area contributed by atoms with Crippen LogP contribution in [0.2, 0.25) is 0 Å². The maximum absolute atomic E-state index is 12.4. The number of carbonyl (C=O) groups is 1. The Balaban J connectivity index is 1.45. The minimum atomic E-state index is -1.65. The zero-order chi connectivity index (χ0) is 20.4. The number of amides is 1. The van der Waals surface area contributed by atoms with Crippen molar-refractivity contribution in [2.45, 2.75) is 25.6 Å². The predicted octanol–water partition coefficient (Wildman–Crippen LogP) is 4.02. The van der Waals surface area contributed by atoms with Gasteiger partial charge < -0.3 is 10.2 Å². The monoisotopic (exact) mass is 425 g/mol. The molecular weight excluding hydrogens is 406 g/mol. The molecule has 4 rings (SSSR count). The van der Waals surface area contributed by atoms with Crippen LogP contribution < -0.4 is 5.32 Å². The van der Waals surface area contributed by atoms with Gasteiger partial charge in [0.15, 0.2) is 11.2 Å². The van der Waals surface area contributed by atoms with Crippen LogP contribution in [0.1, 0.15) is 23.6 Å². The standard InChI is InChI=1S/C21H19N3O3S2/c1-2-12-7-9-13(10-8-12)15-11-28-21(23-15)24-19(27)17(25)18(26)20-22-14-5-3-4-6-16(14)29-20/h3-11,17-18,25-26H,2H2,1H3,(H,23,24,27). The number of nitrogens with zero attached hydrogens (tertiary/aromatic N) is 2. The smallest absolute Gasteiger partial charge is 0.258 e. The lowest BCUT2D eigenvalue weighted by Crippen LogP contribution is -2.33. The van der Waals surface area contributed by atoms with Crippen molar-refractivity contribution in [2.75, 3.05) is 5.32 Å². The summed E-state index contributed by atoms with van der Waals surface area (Å²) in [6.07, 6.45) is -2.09. The summed E-state index contributed by atoms with van der Waals surface area (Å²) in [5.74, 6) is -0.723. The van der Waals surface area contributed by atoms with E-state index in [9.17, 15) is 15.0 Å². The number of aliphatic hydroxyl groups excluding tert-OH is 2.